The van der Waals surface area contributed by atoms with Crippen LogP contribution in [0.25, 0.3) is 0 Å². The Bertz CT molecular complexity index is 1390. The van der Waals surface area contributed by atoms with Crippen molar-refractivity contribution in [2.24, 2.45) is 11.8 Å². The van der Waals surface area contributed by atoms with Gasteiger partial charge in [0.15, 0.2) is 5.69 Å². The van der Waals surface area contributed by atoms with Crippen molar-refractivity contribution in [2.45, 2.75) is 44.2 Å². The second-order valence-corrected chi connectivity index (χ2v) is 10.4. The van der Waals surface area contributed by atoms with Gasteiger partial charge in [-0.25, -0.2) is 9.67 Å². The smallest absolute Gasteiger partial charge is 0.273 e. The van der Waals surface area contributed by atoms with E-state index in [4.69, 9.17) is 11.6 Å². The van der Waals surface area contributed by atoms with Crippen LogP contribution in [0.2, 0.25) is 5.02 Å². The Hall–Kier alpha value is -3.77. The molecule has 2 aromatic heterocycles. The van der Waals surface area contributed by atoms with E-state index >= 15 is 0 Å². The lowest BCUT2D eigenvalue weighted by atomic mass is 9.74. The fraction of sp³-hybridized carbons (Fsp3) is 0.385. The lowest BCUT2D eigenvalue weighted by Crippen LogP contribution is -2.43. The summed E-state index contributed by atoms with van der Waals surface area (Å²) >= 11 is 6.11. The standard InChI is InChI=1S/C26H24ClN7O2/c1-14(16-3-5-24(29-11-16)33-12-18-8-22(18)26(33)36)34-13-23(31-32-34)25(35)30-20-6-17(7-20)21-9-19(27)4-2-15(21)10-28/h2-5,9,11,13-14,17-18,20,22H,6-8,12H2,1H3,(H,30,35)/t14-,17?,18-,20?,22-/m1/s1. The molecule has 2 amide bonds. The third kappa shape index (κ3) is 4.01. The molecule has 0 radical (unpaired) electrons. The van der Waals surface area contributed by atoms with Crippen molar-refractivity contribution in [3.63, 3.8) is 0 Å². The molecule has 9 nitrogen and oxygen atoms in total. The largest absolute Gasteiger partial charge is 0.348 e. The topological polar surface area (TPSA) is 117 Å². The molecule has 36 heavy (non-hydrogen) atoms. The molecule has 0 unspecified atom stereocenters. The van der Waals surface area contributed by atoms with Gasteiger partial charge < -0.3 is 5.32 Å². The summed E-state index contributed by atoms with van der Waals surface area (Å²) in [5, 5.41) is 21.2. The number of aromatic nitrogens is 4. The molecule has 1 aromatic carbocycles. The number of benzene rings is 1. The van der Waals surface area contributed by atoms with Gasteiger partial charge in [-0.05, 0) is 73.4 Å². The minimum Gasteiger partial charge on any atom is -0.348 e. The molecule has 3 aliphatic rings. The number of fused-ring (bicyclic) bond motifs is 1. The molecule has 1 N–H and O–H groups in total. The van der Waals surface area contributed by atoms with Crippen LogP contribution in [0.15, 0.2) is 42.7 Å². The van der Waals surface area contributed by atoms with Gasteiger partial charge in [0.05, 0.1) is 23.9 Å². The van der Waals surface area contributed by atoms with Gasteiger partial charge in [-0.2, -0.15) is 5.26 Å². The summed E-state index contributed by atoms with van der Waals surface area (Å²) in [5.41, 5.74) is 2.71. The van der Waals surface area contributed by atoms with Gasteiger partial charge >= 0.3 is 0 Å². The van der Waals surface area contributed by atoms with Gasteiger partial charge in [0.25, 0.3) is 5.91 Å². The van der Waals surface area contributed by atoms with Gasteiger partial charge in [-0.3, -0.25) is 14.5 Å². The second-order valence-electron chi connectivity index (χ2n) is 9.94. The molecule has 6 rings (SSSR count). The quantitative estimate of drug-likeness (QED) is 0.552. The summed E-state index contributed by atoms with van der Waals surface area (Å²) in [6.45, 7) is 2.71. The van der Waals surface area contributed by atoms with Crippen LogP contribution in [0.1, 0.15) is 65.3 Å². The van der Waals surface area contributed by atoms with Crippen LogP contribution in [-0.2, 0) is 4.79 Å². The van der Waals surface area contributed by atoms with E-state index in [0.717, 1.165) is 36.9 Å². The van der Waals surface area contributed by atoms with E-state index in [1.807, 2.05) is 25.1 Å². The Morgan fingerprint density at radius 3 is 2.78 bits per heavy atom. The zero-order valence-electron chi connectivity index (χ0n) is 19.6. The predicted octanol–water partition coefficient (Wildman–Crippen LogP) is 3.47. The first-order valence-corrected chi connectivity index (χ1v) is 12.5. The number of amides is 2. The predicted molar refractivity (Wildman–Crippen MR) is 131 cm³/mol. The zero-order valence-corrected chi connectivity index (χ0v) is 20.4. The summed E-state index contributed by atoms with van der Waals surface area (Å²) in [6, 6.07) is 11.1. The average molecular weight is 502 g/mol. The van der Waals surface area contributed by atoms with Gasteiger partial charge in [0.1, 0.15) is 5.82 Å². The Kier molecular flexibility index (Phi) is 5.49. The van der Waals surface area contributed by atoms with Crippen molar-refractivity contribution in [3.8, 4) is 6.07 Å². The highest BCUT2D eigenvalue weighted by molar-refractivity contribution is 6.30. The average Bonchev–Trinajstić information content (AvgIpc) is 3.32. The minimum atomic E-state index is -0.275. The van der Waals surface area contributed by atoms with Crippen molar-refractivity contribution >= 4 is 29.2 Å². The molecule has 2 saturated carbocycles. The summed E-state index contributed by atoms with van der Waals surface area (Å²) in [7, 11) is 0. The van der Waals surface area contributed by atoms with E-state index in [0.29, 0.717) is 22.3 Å². The SMILES string of the molecule is C[C@H](c1ccc(N2C[C@H]3C[C@H]3C2=O)nc1)n1cc(C(=O)NC2CC(c3cc(Cl)ccc3C#N)C2)nn1. The fourth-order valence-corrected chi connectivity index (χ4v) is 5.41. The van der Waals surface area contributed by atoms with Crippen LogP contribution in [0.3, 0.4) is 0 Å². The summed E-state index contributed by atoms with van der Waals surface area (Å²) in [5.74, 6) is 1.47. The van der Waals surface area contributed by atoms with Gasteiger partial charge in [0.2, 0.25) is 5.91 Å². The number of hydrogen-bond acceptors (Lipinski definition) is 6. The molecule has 3 atom stereocenters. The highest BCUT2D eigenvalue weighted by Gasteiger charge is 2.52. The molecular formula is C26H24ClN7O2. The van der Waals surface area contributed by atoms with Crippen LogP contribution in [0.4, 0.5) is 5.82 Å². The number of rotatable bonds is 6. The molecule has 0 bridgehead atoms. The zero-order chi connectivity index (χ0) is 25.0. The van der Waals surface area contributed by atoms with E-state index in [-0.39, 0.29) is 41.4 Å². The van der Waals surface area contributed by atoms with E-state index in [1.165, 1.54) is 0 Å². The fourth-order valence-electron chi connectivity index (χ4n) is 5.23. The summed E-state index contributed by atoms with van der Waals surface area (Å²) in [4.78, 5) is 31.3. The Morgan fingerprint density at radius 2 is 2.08 bits per heavy atom. The number of carbonyl (C=O) groups is 2. The number of nitriles is 1. The molecule has 1 saturated heterocycles. The number of carbonyl (C=O) groups excluding carboxylic acids is 2. The Morgan fingerprint density at radius 1 is 1.25 bits per heavy atom. The van der Waals surface area contributed by atoms with E-state index in [9.17, 15) is 14.9 Å². The molecule has 3 fully saturated rings. The number of nitrogens with one attached hydrogen (secondary N) is 1. The molecule has 0 spiro atoms. The number of nitrogens with zero attached hydrogens (tertiary/aromatic N) is 6. The van der Waals surface area contributed by atoms with Crippen molar-refractivity contribution in [1.82, 2.24) is 25.3 Å². The van der Waals surface area contributed by atoms with Crippen molar-refractivity contribution in [2.75, 3.05) is 11.4 Å². The maximum absolute atomic E-state index is 12.7. The van der Waals surface area contributed by atoms with Gasteiger partial charge in [-0.1, -0.05) is 22.9 Å². The monoisotopic (exact) mass is 501 g/mol. The van der Waals surface area contributed by atoms with E-state index in [2.05, 4.69) is 26.7 Å². The number of halogens is 1. The molecule has 3 heterocycles. The van der Waals surface area contributed by atoms with Crippen LogP contribution >= 0.6 is 11.6 Å². The molecular weight excluding hydrogens is 478 g/mol. The molecule has 3 aromatic rings. The Labute approximate surface area is 213 Å². The number of piperidine rings is 1. The maximum Gasteiger partial charge on any atom is 0.273 e. The van der Waals surface area contributed by atoms with Gasteiger partial charge in [-0.15, -0.1) is 5.10 Å². The second kappa shape index (κ2) is 8.71. The number of pyridine rings is 1. The lowest BCUT2D eigenvalue weighted by molar-refractivity contribution is -0.118. The molecule has 10 heteroatoms. The highest BCUT2D eigenvalue weighted by atomic mass is 35.5. The first-order valence-electron chi connectivity index (χ1n) is 12.1. The maximum atomic E-state index is 12.7. The van der Waals surface area contributed by atoms with Crippen LogP contribution < -0.4 is 10.2 Å². The first-order chi connectivity index (χ1) is 17.4. The van der Waals surface area contributed by atoms with Crippen LogP contribution in [0.5, 0.6) is 0 Å². The minimum absolute atomic E-state index is 0.00618. The molecule has 1 aliphatic heterocycles. The molecule has 182 valence electrons. The number of hydrogen-bond donors (Lipinski definition) is 1. The van der Waals surface area contributed by atoms with Crippen molar-refractivity contribution < 1.29 is 9.59 Å². The third-order valence-corrected chi connectivity index (χ3v) is 7.87. The third-order valence-electron chi connectivity index (χ3n) is 7.64. The summed E-state index contributed by atoms with van der Waals surface area (Å²) < 4.78 is 1.64. The Balaban J connectivity index is 1.06. The van der Waals surface area contributed by atoms with Gasteiger partial charge in [0, 0.05) is 29.7 Å². The van der Waals surface area contributed by atoms with Crippen molar-refractivity contribution in [1.29, 1.82) is 5.26 Å². The highest BCUT2D eigenvalue weighted by Crippen LogP contribution is 2.47. The van der Waals surface area contributed by atoms with Crippen LogP contribution in [-0.4, -0.2) is 44.4 Å². The van der Waals surface area contributed by atoms with E-state index in [1.54, 1.807) is 34.1 Å². The first kappa shape index (κ1) is 22.7. The van der Waals surface area contributed by atoms with E-state index < -0.39 is 0 Å². The lowest BCUT2D eigenvalue weighted by Gasteiger charge is -2.36. The van der Waals surface area contributed by atoms with Crippen molar-refractivity contribution in [3.05, 3.63) is 70.1 Å². The molecule has 2 aliphatic carbocycles. The van der Waals surface area contributed by atoms with Crippen LogP contribution in [0, 0.1) is 23.2 Å². The normalized spacial score (nSPS) is 25.0. The summed E-state index contributed by atoms with van der Waals surface area (Å²) in [6.07, 6.45) is 5.87. The number of anilines is 1.